The number of carbonyl (C=O) groups excluding carboxylic acids is 2. The molecule has 32 heavy (non-hydrogen) atoms. The maximum absolute atomic E-state index is 14.0. The molecule has 0 spiro atoms. The number of nitrogens with one attached hydrogen (secondary N) is 2. The van der Waals surface area contributed by atoms with Crippen molar-refractivity contribution in [1.29, 1.82) is 0 Å². The number of urea groups is 1. The average Bonchev–Trinajstić information content (AvgIpc) is 2.70. The van der Waals surface area contributed by atoms with Crippen LogP contribution >= 0.6 is 11.9 Å². The number of ether oxygens (including phenoxy) is 1. The van der Waals surface area contributed by atoms with Crippen LogP contribution in [-0.2, 0) is 10.3 Å². The molecule has 0 saturated heterocycles. The van der Waals surface area contributed by atoms with Crippen molar-refractivity contribution in [2.75, 3.05) is 12.4 Å². The lowest BCUT2D eigenvalue weighted by molar-refractivity contribution is 0.0600. The van der Waals surface area contributed by atoms with Crippen molar-refractivity contribution >= 4 is 29.6 Å². The lowest BCUT2D eigenvalue weighted by atomic mass is 9.90. The molecule has 0 aliphatic rings. The van der Waals surface area contributed by atoms with Crippen LogP contribution in [0.25, 0.3) is 0 Å². The largest absolute Gasteiger partial charge is 0.465 e. The van der Waals surface area contributed by atoms with E-state index < -0.39 is 23.4 Å². The van der Waals surface area contributed by atoms with E-state index in [1.165, 1.54) is 19.2 Å². The van der Waals surface area contributed by atoms with Gasteiger partial charge in [0, 0.05) is 10.6 Å². The number of esters is 1. The summed E-state index contributed by atoms with van der Waals surface area (Å²) < 4.78 is 21.5. The molecular formula is C24H31FN2O4S. The number of methoxy groups -OCH3 is 1. The van der Waals surface area contributed by atoms with Gasteiger partial charge in [-0.05, 0) is 84.7 Å². The predicted octanol–water partition coefficient (Wildman–Crippen LogP) is 5.92. The Morgan fingerprint density at radius 2 is 1.59 bits per heavy atom. The van der Waals surface area contributed by atoms with Gasteiger partial charge in [-0.2, -0.15) is 0 Å². The number of carbonyl (C=O) groups is 2. The van der Waals surface area contributed by atoms with Gasteiger partial charge in [-0.25, -0.2) is 14.0 Å². The fraction of sp³-hybridized carbons (Fsp3) is 0.417. The minimum Gasteiger partial charge on any atom is -0.465 e. The fourth-order valence-corrected chi connectivity index (χ4v) is 3.82. The first-order valence-corrected chi connectivity index (χ1v) is 11.2. The van der Waals surface area contributed by atoms with Crippen molar-refractivity contribution < 1.29 is 23.8 Å². The summed E-state index contributed by atoms with van der Waals surface area (Å²) in [5, 5.41) is 13.0. The Hall–Kier alpha value is -2.58. The summed E-state index contributed by atoms with van der Waals surface area (Å²) >= 11 is 0.945. The number of rotatable bonds is 7. The van der Waals surface area contributed by atoms with E-state index in [9.17, 15) is 19.1 Å². The Balaban J connectivity index is 2.29. The summed E-state index contributed by atoms with van der Waals surface area (Å²) in [4.78, 5) is 25.3. The van der Waals surface area contributed by atoms with Crippen molar-refractivity contribution in [1.82, 2.24) is 4.72 Å². The van der Waals surface area contributed by atoms with Crippen LogP contribution in [0.4, 0.5) is 14.9 Å². The zero-order chi connectivity index (χ0) is 24.2. The molecule has 0 radical (unpaired) electrons. The van der Waals surface area contributed by atoms with Gasteiger partial charge in [-0.3, -0.25) is 4.72 Å². The van der Waals surface area contributed by atoms with Gasteiger partial charge in [-0.1, -0.05) is 27.7 Å². The molecule has 0 aromatic heterocycles. The summed E-state index contributed by atoms with van der Waals surface area (Å²) in [6, 6.07) is 7.14. The minimum absolute atomic E-state index is 0.0395. The third-order valence-electron chi connectivity index (χ3n) is 4.94. The molecule has 0 heterocycles. The van der Waals surface area contributed by atoms with Crippen molar-refractivity contribution in [3.05, 3.63) is 58.4 Å². The third-order valence-corrected chi connectivity index (χ3v) is 5.70. The Kier molecular flexibility index (Phi) is 8.31. The van der Waals surface area contributed by atoms with Crippen LogP contribution in [0.3, 0.4) is 0 Å². The Morgan fingerprint density at radius 1 is 1.03 bits per heavy atom. The maximum Gasteiger partial charge on any atom is 0.337 e. The number of aliphatic hydroxyl groups is 1. The van der Waals surface area contributed by atoms with Gasteiger partial charge in [0.15, 0.2) is 0 Å². The molecular weight excluding hydrogens is 431 g/mol. The van der Waals surface area contributed by atoms with Crippen molar-refractivity contribution in [2.45, 2.75) is 63.9 Å². The molecule has 0 unspecified atom stereocenters. The highest BCUT2D eigenvalue weighted by Gasteiger charge is 2.21. The molecule has 0 fully saturated rings. The quantitative estimate of drug-likeness (QED) is 0.351. The van der Waals surface area contributed by atoms with Crippen LogP contribution in [0.5, 0.6) is 0 Å². The highest BCUT2D eigenvalue weighted by atomic mass is 32.2. The van der Waals surface area contributed by atoms with Crippen molar-refractivity contribution in [3.8, 4) is 0 Å². The number of hydrogen-bond acceptors (Lipinski definition) is 5. The molecule has 6 nitrogen and oxygen atoms in total. The predicted molar refractivity (Wildman–Crippen MR) is 126 cm³/mol. The first-order chi connectivity index (χ1) is 14.8. The number of hydrogen-bond donors (Lipinski definition) is 3. The molecule has 0 aliphatic carbocycles. The topological polar surface area (TPSA) is 87.7 Å². The van der Waals surface area contributed by atoms with Gasteiger partial charge in [0.1, 0.15) is 5.82 Å². The molecule has 8 heteroatoms. The first kappa shape index (κ1) is 25.7. The van der Waals surface area contributed by atoms with Gasteiger partial charge in [-0.15, -0.1) is 0 Å². The number of amides is 2. The van der Waals surface area contributed by atoms with Crippen LogP contribution in [0, 0.1) is 5.82 Å². The summed E-state index contributed by atoms with van der Waals surface area (Å²) in [6.07, 6.45) is 0. The van der Waals surface area contributed by atoms with E-state index in [0.717, 1.165) is 23.1 Å². The average molecular weight is 463 g/mol. The molecule has 2 rings (SSSR count). The normalized spacial score (nSPS) is 11.6. The SMILES string of the molecule is COC(=O)c1cc(C(C)C)c(NC(=O)NSc2cc(F)cc(C(C)(C)O)c2)c(C(C)C)c1. The molecule has 0 saturated carbocycles. The van der Waals surface area contributed by atoms with E-state index >= 15 is 0 Å². The number of halogens is 1. The second-order valence-electron chi connectivity index (χ2n) is 8.72. The molecule has 2 amide bonds. The van der Waals surface area contributed by atoms with Crippen LogP contribution < -0.4 is 10.0 Å². The first-order valence-electron chi connectivity index (χ1n) is 10.4. The van der Waals surface area contributed by atoms with Crippen LogP contribution in [-0.4, -0.2) is 24.2 Å². The zero-order valence-electron chi connectivity index (χ0n) is 19.5. The van der Waals surface area contributed by atoms with Gasteiger partial charge < -0.3 is 15.2 Å². The molecule has 174 valence electrons. The van der Waals surface area contributed by atoms with E-state index in [0.29, 0.717) is 21.7 Å². The monoisotopic (exact) mass is 462 g/mol. The van der Waals surface area contributed by atoms with Crippen LogP contribution in [0.1, 0.15) is 80.4 Å². The molecule has 2 aromatic rings. The van der Waals surface area contributed by atoms with E-state index in [2.05, 4.69) is 10.0 Å². The molecule has 2 aromatic carbocycles. The fourth-order valence-electron chi connectivity index (χ4n) is 3.20. The minimum atomic E-state index is -1.21. The van der Waals surface area contributed by atoms with Gasteiger partial charge in [0.2, 0.25) is 0 Å². The van der Waals surface area contributed by atoms with E-state index in [1.54, 1.807) is 32.0 Å². The Bertz CT molecular complexity index is 971. The van der Waals surface area contributed by atoms with Gasteiger partial charge in [0.05, 0.1) is 18.3 Å². The zero-order valence-corrected chi connectivity index (χ0v) is 20.3. The number of benzene rings is 2. The van der Waals surface area contributed by atoms with E-state index in [-0.39, 0.29) is 11.8 Å². The Labute approximate surface area is 193 Å². The second kappa shape index (κ2) is 10.4. The maximum atomic E-state index is 14.0. The van der Waals surface area contributed by atoms with Gasteiger partial charge in [0.25, 0.3) is 0 Å². The molecule has 0 bridgehead atoms. The third kappa shape index (κ3) is 6.46. The van der Waals surface area contributed by atoms with Crippen LogP contribution in [0.2, 0.25) is 0 Å². The molecule has 3 N–H and O–H groups in total. The van der Waals surface area contributed by atoms with Crippen LogP contribution in [0.15, 0.2) is 35.2 Å². The Morgan fingerprint density at radius 3 is 2.06 bits per heavy atom. The number of anilines is 1. The van der Waals surface area contributed by atoms with Crippen molar-refractivity contribution in [2.24, 2.45) is 0 Å². The lowest BCUT2D eigenvalue weighted by Crippen LogP contribution is -2.25. The summed E-state index contributed by atoms with van der Waals surface area (Å²) in [7, 11) is 1.33. The highest BCUT2D eigenvalue weighted by molar-refractivity contribution is 7.98. The van der Waals surface area contributed by atoms with Crippen molar-refractivity contribution in [3.63, 3.8) is 0 Å². The molecule has 0 aliphatic heterocycles. The second-order valence-corrected chi connectivity index (χ2v) is 9.60. The van der Waals surface area contributed by atoms with E-state index in [4.69, 9.17) is 4.74 Å². The summed E-state index contributed by atoms with van der Waals surface area (Å²) in [5.41, 5.74) is 1.89. The standard InChI is InChI=1S/C24H31FN2O4S/c1-13(2)19-8-15(22(28)31-7)9-20(14(3)4)21(19)26-23(29)27-32-18-11-16(24(5,6)30)10-17(25)12-18/h8-14,30H,1-7H3,(H2,26,27,29). The lowest BCUT2D eigenvalue weighted by Gasteiger charge is -2.22. The smallest absolute Gasteiger partial charge is 0.337 e. The molecule has 0 atom stereocenters. The highest BCUT2D eigenvalue weighted by Crippen LogP contribution is 2.34. The van der Waals surface area contributed by atoms with Gasteiger partial charge >= 0.3 is 12.0 Å². The summed E-state index contributed by atoms with van der Waals surface area (Å²) in [6.45, 7) is 11.0. The van der Waals surface area contributed by atoms with E-state index in [1.807, 2.05) is 27.7 Å². The summed E-state index contributed by atoms with van der Waals surface area (Å²) in [5.74, 6) is -0.860.